The SMILES string of the molecule is CCOc1cc(/C=C2\N=C(c3ccc(Br)cc3)OC2=O)cc(Br)c1OCc1cccc(I)c1. The number of hydrogen-bond acceptors (Lipinski definition) is 5. The Bertz CT molecular complexity index is 1260. The highest BCUT2D eigenvalue weighted by Crippen LogP contribution is 2.38. The average molecular weight is 683 g/mol. The van der Waals surface area contributed by atoms with E-state index < -0.39 is 5.97 Å². The molecular formula is C25H18Br2INO4. The molecule has 0 bridgehead atoms. The van der Waals surface area contributed by atoms with Crippen LogP contribution in [-0.2, 0) is 16.1 Å². The van der Waals surface area contributed by atoms with Crippen LogP contribution in [0.25, 0.3) is 6.08 Å². The summed E-state index contributed by atoms with van der Waals surface area (Å²) in [7, 11) is 0. The molecule has 0 N–H and O–H groups in total. The van der Waals surface area contributed by atoms with E-state index in [1.54, 1.807) is 6.08 Å². The zero-order chi connectivity index (χ0) is 23.4. The van der Waals surface area contributed by atoms with Crippen LogP contribution in [0.2, 0.25) is 0 Å². The van der Waals surface area contributed by atoms with E-state index in [2.05, 4.69) is 65.5 Å². The molecule has 0 amide bonds. The van der Waals surface area contributed by atoms with Gasteiger partial charge < -0.3 is 14.2 Å². The molecule has 4 rings (SSSR count). The number of nitrogens with zero attached hydrogens (tertiary/aromatic N) is 1. The smallest absolute Gasteiger partial charge is 0.363 e. The molecule has 0 unspecified atom stereocenters. The summed E-state index contributed by atoms with van der Waals surface area (Å²) in [5.74, 6) is 0.958. The monoisotopic (exact) mass is 681 g/mol. The Hall–Kier alpha value is -2.17. The van der Waals surface area contributed by atoms with Gasteiger partial charge in [-0.05, 0) is 111 Å². The minimum atomic E-state index is -0.499. The Morgan fingerprint density at radius 3 is 2.58 bits per heavy atom. The predicted octanol–water partition coefficient (Wildman–Crippen LogP) is 7.14. The van der Waals surface area contributed by atoms with Crippen molar-refractivity contribution in [1.82, 2.24) is 0 Å². The highest BCUT2D eigenvalue weighted by atomic mass is 127. The van der Waals surface area contributed by atoms with Gasteiger partial charge in [0, 0.05) is 13.6 Å². The standard InChI is InChI=1S/C25H18Br2INO4/c1-2-31-22-13-16(11-20(27)23(22)32-14-15-4-3-5-19(28)10-15)12-21-25(30)33-24(29-21)17-6-8-18(26)9-7-17/h3-13H,2,14H2,1H3/b21-12-. The first-order valence-electron chi connectivity index (χ1n) is 10.0. The minimum absolute atomic E-state index is 0.217. The number of esters is 1. The molecule has 0 saturated carbocycles. The van der Waals surface area contributed by atoms with Gasteiger partial charge in [0.25, 0.3) is 0 Å². The molecule has 5 nitrogen and oxygen atoms in total. The third-order valence-electron chi connectivity index (χ3n) is 4.62. The van der Waals surface area contributed by atoms with Crippen molar-refractivity contribution < 1.29 is 19.0 Å². The Balaban J connectivity index is 1.61. The molecule has 1 aliphatic rings. The lowest BCUT2D eigenvalue weighted by Crippen LogP contribution is -2.05. The van der Waals surface area contributed by atoms with E-state index in [0.29, 0.717) is 24.7 Å². The summed E-state index contributed by atoms with van der Waals surface area (Å²) < 4.78 is 20.1. The fourth-order valence-electron chi connectivity index (χ4n) is 3.14. The van der Waals surface area contributed by atoms with Crippen LogP contribution in [0.5, 0.6) is 11.5 Å². The molecule has 3 aromatic carbocycles. The van der Waals surface area contributed by atoms with Crippen molar-refractivity contribution in [1.29, 1.82) is 0 Å². The molecule has 0 fully saturated rings. The third-order valence-corrected chi connectivity index (χ3v) is 6.41. The fourth-order valence-corrected chi connectivity index (χ4v) is 4.59. The van der Waals surface area contributed by atoms with Crippen molar-refractivity contribution in [2.45, 2.75) is 13.5 Å². The summed E-state index contributed by atoms with van der Waals surface area (Å²) in [6.07, 6.45) is 1.67. The van der Waals surface area contributed by atoms with Gasteiger partial charge in [0.1, 0.15) is 6.61 Å². The number of carbonyl (C=O) groups is 1. The molecule has 3 aromatic rings. The van der Waals surface area contributed by atoms with Gasteiger partial charge >= 0.3 is 5.97 Å². The molecule has 1 aliphatic heterocycles. The quantitative estimate of drug-likeness (QED) is 0.151. The van der Waals surface area contributed by atoms with Crippen LogP contribution in [0.1, 0.15) is 23.6 Å². The number of carbonyl (C=O) groups excluding carboxylic acids is 1. The van der Waals surface area contributed by atoms with Gasteiger partial charge in [-0.2, -0.15) is 0 Å². The van der Waals surface area contributed by atoms with E-state index in [1.165, 1.54) is 0 Å². The fraction of sp³-hybridized carbons (Fsp3) is 0.120. The molecule has 33 heavy (non-hydrogen) atoms. The van der Waals surface area contributed by atoms with Crippen LogP contribution in [0.3, 0.4) is 0 Å². The number of hydrogen-bond donors (Lipinski definition) is 0. The summed E-state index contributed by atoms with van der Waals surface area (Å²) in [6, 6.07) is 19.2. The van der Waals surface area contributed by atoms with E-state index in [9.17, 15) is 4.79 Å². The maximum atomic E-state index is 12.4. The minimum Gasteiger partial charge on any atom is -0.490 e. The van der Waals surface area contributed by atoms with Crippen LogP contribution in [0.15, 0.2) is 80.3 Å². The predicted molar refractivity (Wildman–Crippen MR) is 144 cm³/mol. The lowest BCUT2D eigenvalue weighted by molar-refractivity contribution is -0.129. The molecule has 0 atom stereocenters. The Morgan fingerprint density at radius 2 is 1.85 bits per heavy atom. The van der Waals surface area contributed by atoms with E-state index in [4.69, 9.17) is 14.2 Å². The van der Waals surface area contributed by atoms with Crippen molar-refractivity contribution >= 4 is 72.4 Å². The van der Waals surface area contributed by atoms with Gasteiger partial charge in [-0.3, -0.25) is 0 Å². The number of rotatable bonds is 7. The second-order valence-corrected chi connectivity index (χ2v) is 10.0. The van der Waals surface area contributed by atoms with E-state index in [-0.39, 0.29) is 11.6 Å². The van der Waals surface area contributed by atoms with Gasteiger partial charge in [0.05, 0.1) is 11.1 Å². The molecule has 0 aromatic heterocycles. The van der Waals surface area contributed by atoms with Gasteiger partial charge in [-0.15, -0.1) is 0 Å². The normalized spacial score (nSPS) is 14.2. The lowest BCUT2D eigenvalue weighted by Gasteiger charge is -2.15. The number of ether oxygens (including phenoxy) is 3. The molecule has 168 valence electrons. The molecule has 0 radical (unpaired) electrons. The lowest BCUT2D eigenvalue weighted by atomic mass is 10.1. The molecule has 0 aliphatic carbocycles. The van der Waals surface area contributed by atoms with Crippen molar-refractivity contribution in [2.24, 2.45) is 4.99 Å². The molecule has 8 heteroatoms. The van der Waals surface area contributed by atoms with Crippen LogP contribution in [-0.4, -0.2) is 18.5 Å². The van der Waals surface area contributed by atoms with Crippen molar-refractivity contribution in [3.8, 4) is 11.5 Å². The van der Waals surface area contributed by atoms with Gasteiger partial charge in [0.2, 0.25) is 5.90 Å². The maximum Gasteiger partial charge on any atom is 0.363 e. The Kier molecular flexibility index (Phi) is 7.87. The molecule has 1 heterocycles. The van der Waals surface area contributed by atoms with Crippen LogP contribution in [0.4, 0.5) is 0 Å². The largest absolute Gasteiger partial charge is 0.490 e. The highest BCUT2D eigenvalue weighted by molar-refractivity contribution is 14.1. The van der Waals surface area contributed by atoms with Crippen LogP contribution < -0.4 is 9.47 Å². The first-order chi connectivity index (χ1) is 15.9. The summed E-state index contributed by atoms with van der Waals surface area (Å²) in [5, 5.41) is 0. The second kappa shape index (κ2) is 10.8. The van der Waals surface area contributed by atoms with Crippen LogP contribution >= 0.6 is 54.5 Å². The Labute approximate surface area is 222 Å². The molecule has 0 saturated heterocycles. The molecule has 0 spiro atoms. The van der Waals surface area contributed by atoms with Crippen molar-refractivity contribution in [2.75, 3.05) is 6.61 Å². The molecular weight excluding hydrogens is 665 g/mol. The van der Waals surface area contributed by atoms with Gasteiger partial charge in [-0.1, -0.05) is 28.1 Å². The van der Waals surface area contributed by atoms with Crippen molar-refractivity contribution in [3.05, 3.63) is 95.6 Å². The number of halogens is 3. The van der Waals surface area contributed by atoms with Crippen LogP contribution in [0, 0.1) is 3.57 Å². The number of benzene rings is 3. The maximum absolute atomic E-state index is 12.4. The topological polar surface area (TPSA) is 57.1 Å². The zero-order valence-corrected chi connectivity index (χ0v) is 22.8. The van der Waals surface area contributed by atoms with Gasteiger partial charge in [0.15, 0.2) is 17.2 Å². The first kappa shape index (κ1) is 24.0. The summed E-state index contributed by atoms with van der Waals surface area (Å²) in [5.41, 5.74) is 2.74. The van der Waals surface area contributed by atoms with Gasteiger partial charge in [-0.25, -0.2) is 9.79 Å². The summed E-state index contributed by atoms with van der Waals surface area (Å²) in [6.45, 7) is 2.79. The Morgan fingerprint density at radius 1 is 1.06 bits per heavy atom. The van der Waals surface area contributed by atoms with E-state index in [1.807, 2.05) is 61.5 Å². The van der Waals surface area contributed by atoms with E-state index in [0.717, 1.165) is 29.2 Å². The number of aliphatic imine (C=N–C) groups is 1. The first-order valence-corrected chi connectivity index (χ1v) is 12.7. The zero-order valence-electron chi connectivity index (χ0n) is 17.5. The van der Waals surface area contributed by atoms with Crippen molar-refractivity contribution in [3.63, 3.8) is 0 Å². The average Bonchev–Trinajstić information content (AvgIpc) is 3.14. The highest BCUT2D eigenvalue weighted by Gasteiger charge is 2.24. The number of cyclic esters (lactones) is 1. The summed E-state index contributed by atoms with van der Waals surface area (Å²) in [4.78, 5) is 16.8. The third kappa shape index (κ3) is 6.04. The summed E-state index contributed by atoms with van der Waals surface area (Å²) >= 11 is 9.26. The van der Waals surface area contributed by atoms with E-state index >= 15 is 0 Å². The second-order valence-electron chi connectivity index (χ2n) is 7.02.